The maximum absolute atomic E-state index is 11.8. The van der Waals surface area contributed by atoms with Crippen LogP contribution in [-0.4, -0.2) is 18.1 Å². The van der Waals surface area contributed by atoms with Crippen molar-refractivity contribution < 1.29 is 9.53 Å². The number of ether oxygens (including phenoxy) is 1. The monoisotopic (exact) mass is 322 g/mol. The molecule has 0 unspecified atom stereocenters. The number of rotatable bonds is 2. The number of halogens is 1. The van der Waals surface area contributed by atoms with Crippen LogP contribution in [-0.2, 0) is 4.74 Å². The first-order chi connectivity index (χ1) is 11.1. The fourth-order valence-electron chi connectivity index (χ4n) is 2.41. The van der Waals surface area contributed by atoms with Crippen molar-refractivity contribution in [3.05, 3.63) is 70.7 Å². The maximum atomic E-state index is 11.8. The molecule has 0 N–H and O–H groups in total. The Morgan fingerprint density at radius 3 is 2.61 bits per heavy atom. The van der Waals surface area contributed by atoms with Crippen molar-refractivity contribution in [2.24, 2.45) is 0 Å². The molecule has 3 aromatic rings. The van der Waals surface area contributed by atoms with Crippen molar-refractivity contribution in [2.75, 3.05) is 7.11 Å². The average Bonchev–Trinajstić information content (AvgIpc) is 2.60. The van der Waals surface area contributed by atoms with Gasteiger partial charge in [0.2, 0.25) is 0 Å². The zero-order valence-corrected chi connectivity index (χ0v) is 13.0. The average molecular weight is 323 g/mol. The summed E-state index contributed by atoms with van der Waals surface area (Å²) in [4.78, 5) is 19.4. The van der Waals surface area contributed by atoms with Gasteiger partial charge in [-0.05, 0) is 23.8 Å². The van der Waals surface area contributed by atoms with Crippen molar-refractivity contribution in [3.8, 4) is 11.1 Å². The van der Waals surface area contributed by atoms with E-state index in [0.717, 1.165) is 22.0 Å². The molecule has 1 aromatic heterocycles. The first-order valence-electron chi connectivity index (χ1n) is 6.78. The second-order valence-corrected chi connectivity index (χ2v) is 5.27. The molecule has 23 heavy (non-hydrogen) atoms. The highest BCUT2D eigenvalue weighted by atomic mass is 35.5. The molecule has 0 saturated heterocycles. The van der Waals surface area contributed by atoms with Crippen LogP contribution in [0.2, 0.25) is 5.02 Å². The van der Waals surface area contributed by atoms with Gasteiger partial charge in [-0.3, -0.25) is 4.98 Å². The molecular formula is C18H11ClN2O2. The van der Waals surface area contributed by atoms with E-state index in [1.165, 1.54) is 7.11 Å². The summed E-state index contributed by atoms with van der Waals surface area (Å²) in [7, 11) is 1.34. The summed E-state index contributed by atoms with van der Waals surface area (Å²) in [6, 6.07) is 12.3. The summed E-state index contributed by atoms with van der Waals surface area (Å²) in [6.45, 7) is 7.03. The smallest absolute Gasteiger partial charge is 0.337 e. The van der Waals surface area contributed by atoms with Gasteiger partial charge in [0.1, 0.15) is 0 Å². The minimum Gasteiger partial charge on any atom is -0.465 e. The highest BCUT2D eigenvalue weighted by molar-refractivity contribution is 6.34. The summed E-state index contributed by atoms with van der Waals surface area (Å²) in [6.07, 6.45) is 1.58. The van der Waals surface area contributed by atoms with Gasteiger partial charge in [-0.2, -0.15) is 0 Å². The van der Waals surface area contributed by atoms with Crippen LogP contribution >= 0.6 is 11.6 Å². The van der Waals surface area contributed by atoms with Crippen LogP contribution in [0, 0.1) is 6.57 Å². The Morgan fingerprint density at radius 1 is 1.22 bits per heavy atom. The van der Waals surface area contributed by atoms with Crippen LogP contribution in [0.1, 0.15) is 10.4 Å². The molecule has 0 atom stereocenters. The van der Waals surface area contributed by atoms with E-state index in [2.05, 4.69) is 9.83 Å². The minimum absolute atomic E-state index is 0.416. The van der Waals surface area contributed by atoms with Crippen molar-refractivity contribution in [1.82, 2.24) is 4.98 Å². The number of benzene rings is 2. The van der Waals surface area contributed by atoms with E-state index in [1.807, 2.05) is 12.1 Å². The lowest BCUT2D eigenvalue weighted by atomic mass is 9.99. The Balaban J connectivity index is 2.26. The van der Waals surface area contributed by atoms with Gasteiger partial charge in [0.05, 0.1) is 29.8 Å². The van der Waals surface area contributed by atoms with Crippen LogP contribution in [0.15, 0.2) is 48.7 Å². The van der Waals surface area contributed by atoms with Gasteiger partial charge in [-0.1, -0.05) is 35.9 Å². The molecule has 0 radical (unpaired) electrons. The lowest BCUT2D eigenvalue weighted by molar-refractivity contribution is 0.0601. The molecule has 5 heteroatoms. The molecule has 0 aliphatic carbocycles. The van der Waals surface area contributed by atoms with Gasteiger partial charge >= 0.3 is 5.97 Å². The summed E-state index contributed by atoms with van der Waals surface area (Å²) in [5, 5.41) is 1.24. The van der Waals surface area contributed by atoms with Gasteiger partial charge < -0.3 is 4.74 Å². The predicted octanol–water partition coefficient (Wildman–Crippen LogP) is 4.89. The number of carbonyl (C=O) groups is 1. The van der Waals surface area contributed by atoms with Crippen LogP contribution < -0.4 is 0 Å². The molecular weight excluding hydrogens is 312 g/mol. The van der Waals surface area contributed by atoms with Crippen molar-refractivity contribution in [2.45, 2.75) is 0 Å². The van der Waals surface area contributed by atoms with Crippen molar-refractivity contribution in [3.63, 3.8) is 0 Å². The number of nitrogens with zero attached hydrogens (tertiary/aromatic N) is 2. The van der Waals surface area contributed by atoms with Gasteiger partial charge in [0, 0.05) is 17.1 Å². The quantitative estimate of drug-likeness (QED) is 0.498. The third-order valence-electron chi connectivity index (χ3n) is 3.53. The Morgan fingerprint density at radius 2 is 1.96 bits per heavy atom. The largest absolute Gasteiger partial charge is 0.465 e. The highest BCUT2D eigenvalue weighted by Crippen LogP contribution is 2.35. The summed E-state index contributed by atoms with van der Waals surface area (Å²) in [5.41, 5.74) is 3.35. The van der Waals surface area contributed by atoms with E-state index in [-0.39, 0.29) is 0 Å². The van der Waals surface area contributed by atoms with Crippen LogP contribution in [0.25, 0.3) is 26.9 Å². The lowest BCUT2D eigenvalue weighted by Crippen LogP contribution is -2.01. The SMILES string of the molecule is [C-]#[N+]c1ccc(-c2c(Cl)cnc3ccc(C(=O)OC)cc23)cc1. The fraction of sp³-hybridized carbons (Fsp3) is 0.0556. The highest BCUT2D eigenvalue weighted by Gasteiger charge is 2.13. The van der Waals surface area contributed by atoms with E-state index in [4.69, 9.17) is 22.9 Å². The minimum atomic E-state index is -0.416. The zero-order chi connectivity index (χ0) is 16.4. The van der Waals surface area contributed by atoms with Gasteiger partial charge in [0.25, 0.3) is 0 Å². The second kappa shape index (κ2) is 6.07. The Hall–Kier alpha value is -2.90. The Bertz CT molecular complexity index is 944. The van der Waals surface area contributed by atoms with Crippen molar-refractivity contribution in [1.29, 1.82) is 0 Å². The number of aromatic nitrogens is 1. The number of hydrogen-bond acceptors (Lipinski definition) is 3. The third kappa shape index (κ3) is 2.75. The first kappa shape index (κ1) is 15.0. The number of methoxy groups -OCH3 is 1. The fourth-order valence-corrected chi connectivity index (χ4v) is 2.67. The standard InChI is InChI=1S/C18H11ClN2O2/c1-20-13-6-3-11(4-7-13)17-14-9-12(18(22)23-2)5-8-16(14)21-10-15(17)19/h3-10H,2H3. The molecule has 0 aliphatic rings. The molecule has 0 saturated carbocycles. The van der Waals surface area contributed by atoms with E-state index in [9.17, 15) is 4.79 Å². The Kier molecular flexibility index (Phi) is 3.96. The van der Waals surface area contributed by atoms with E-state index < -0.39 is 5.97 Å². The van der Waals surface area contributed by atoms with Gasteiger partial charge in [0.15, 0.2) is 5.69 Å². The molecule has 0 bridgehead atoms. The summed E-state index contributed by atoms with van der Waals surface area (Å²) < 4.78 is 4.77. The molecule has 2 aromatic carbocycles. The maximum Gasteiger partial charge on any atom is 0.337 e. The molecule has 0 amide bonds. The second-order valence-electron chi connectivity index (χ2n) is 4.86. The zero-order valence-electron chi connectivity index (χ0n) is 12.2. The predicted molar refractivity (Wildman–Crippen MR) is 89.8 cm³/mol. The normalized spacial score (nSPS) is 10.3. The molecule has 3 rings (SSSR count). The van der Waals surface area contributed by atoms with Crippen LogP contribution in [0.4, 0.5) is 5.69 Å². The first-order valence-corrected chi connectivity index (χ1v) is 7.16. The van der Waals surface area contributed by atoms with Crippen LogP contribution in [0.3, 0.4) is 0 Å². The van der Waals surface area contributed by atoms with Gasteiger partial charge in [-0.25, -0.2) is 9.64 Å². The molecule has 112 valence electrons. The number of esters is 1. The third-order valence-corrected chi connectivity index (χ3v) is 3.81. The number of carbonyl (C=O) groups excluding carboxylic acids is 1. The number of pyridine rings is 1. The van der Waals surface area contributed by atoms with Crippen LogP contribution in [0.5, 0.6) is 0 Å². The molecule has 1 heterocycles. The van der Waals surface area contributed by atoms with E-state index >= 15 is 0 Å². The molecule has 0 aliphatic heterocycles. The van der Waals surface area contributed by atoms with E-state index in [1.54, 1.807) is 36.5 Å². The molecule has 4 nitrogen and oxygen atoms in total. The lowest BCUT2D eigenvalue weighted by Gasteiger charge is -2.10. The molecule has 0 spiro atoms. The molecule has 0 fully saturated rings. The summed E-state index contributed by atoms with van der Waals surface area (Å²) in [5.74, 6) is -0.416. The van der Waals surface area contributed by atoms with Gasteiger partial charge in [-0.15, -0.1) is 0 Å². The summed E-state index contributed by atoms with van der Waals surface area (Å²) >= 11 is 6.34. The number of hydrogen-bond donors (Lipinski definition) is 0. The van der Waals surface area contributed by atoms with E-state index in [0.29, 0.717) is 16.3 Å². The van der Waals surface area contributed by atoms with Crippen molar-refractivity contribution >= 4 is 34.2 Å². The Labute approximate surface area is 138 Å². The topological polar surface area (TPSA) is 43.5 Å². The number of fused-ring (bicyclic) bond motifs is 1.